The lowest BCUT2D eigenvalue weighted by Gasteiger charge is -2.12. The monoisotopic (exact) mass is 477 g/mol. The average molecular weight is 478 g/mol. The molecule has 4 aromatic rings. The van der Waals surface area contributed by atoms with Gasteiger partial charge in [-0.25, -0.2) is 4.98 Å². The van der Waals surface area contributed by atoms with Crippen LogP contribution in [0.15, 0.2) is 69.0 Å². The third kappa shape index (κ3) is 4.39. The Kier molecular flexibility index (Phi) is 6.47. The Morgan fingerprint density at radius 1 is 1.10 bits per heavy atom. The fourth-order valence-electron chi connectivity index (χ4n) is 3.62. The lowest BCUT2D eigenvalue weighted by molar-refractivity contribution is 0.340. The lowest BCUT2D eigenvalue weighted by atomic mass is 10.0. The van der Waals surface area contributed by atoms with Crippen molar-refractivity contribution in [2.45, 2.75) is 33.1 Å². The molecule has 0 aliphatic carbocycles. The van der Waals surface area contributed by atoms with Gasteiger partial charge in [0.1, 0.15) is 11.6 Å². The van der Waals surface area contributed by atoms with Gasteiger partial charge in [-0.3, -0.25) is 4.79 Å². The molecule has 3 aromatic carbocycles. The van der Waals surface area contributed by atoms with E-state index in [9.17, 15) is 4.79 Å². The minimum Gasteiger partial charge on any atom is -0.493 e. The summed E-state index contributed by atoms with van der Waals surface area (Å²) in [6.07, 6.45) is 4.34. The molecule has 1 aromatic heterocycles. The van der Waals surface area contributed by atoms with Gasteiger partial charge in [0.15, 0.2) is 0 Å². The first kappa shape index (κ1) is 21.2. The number of nitrogens with zero attached hydrogens (tertiary/aromatic N) is 3. The second kappa shape index (κ2) is 9.43. The highest BCUT2D eigenvalue weighted by Crippen LogP contribution is 2.27. The fourth-order valence-corrected chi connectivity index (χ4v) is 3.98. The first-order valence-electron chi connectivity index (χ1n) is 10.5. The van der Waals surface area contributed by atoms with E-state index in [-0.39, 0.29) is 5.56 Å². The summed E-state index contributed by atoms with van der Waals surface area (Å²) >= 11 is 3.45. The van der Waals surface area contributed by atoms with Gasteiger partial charge < -0.3 is 4.74 Å². The normalized spacial score (nSPS) is 11.6. The fraction of sp³-hybridized carbons (Fsp3) is 0.240. The standard InChI is InChI=1S/C25H24BrN3O2/c1-3-5-10-24-28-22-13-12-18(26)15-20(22)25(30)29(24)27-16-21-19-9-7-6-8-17(19)11-14-23(21)31-4-2/h6-9,11-16H,3-5,10H2,1-2H3. The Labute approximate surface area is 189 Å². The minimum absolute atomic E-state index is 0.174. The highest BCUT2D eigenvalue weighted by atomic mass is 79.9. The van der Waals surface area contributed by atoms with Crippen LogP contribution in [0.1, 0.15) is 38.1 Å². The number of fused-ring (bicyclic) bond motifs is 2. The number of ether oxygens (including phenoxy) is 1. The lowest BCUT2D eigenvalue weighted by Crippen LogP contribution is -2.22. The number of benzene rings is 3. The van der Waals surface area contributed by atoms with Gasteiger partial charge in [-0.1, -0.05) is 59.6 Å². The van der Waals surface area contributed by atoms with Crippen molar-refractivity contribution >= 4 is 43.8 Å². The van der Waals surface area contributed by atoms with Crippen molar-refractivity contribution in [2.24, 2.45) is 5.10 Å². The van der Waals surface area contributed by atoms with E-state index in [1.165, 1.54) is 4.68 Å². The Morgan fingerprint density at radius 2 is 1.94 bits per heavy atom. The molecule has 0 aliphatic rings. The molecule has 0 radical (unpaired) electrons. The van der Waals surface area contributed by atoms with Crippen molar-refractivity contribution in [3.63, 3.8) is 0 Å². The summed E-state index contributed by atoms with van der Waals surface area (Å²) in [5.41, 5.74) is 1.36. The van der Waals surface area contributed by atoms with Crippen LogP contribution in [0.5, 0.6) is 5.75 Å². The molecule has 4 rings (SSSR count). The zero-order valence-electron chi connectivity index (χ0n) is 17.6. The van der Waals surface area contributed by atoms with Gasteiger partial charge in [0.05, 0.1) is 23.7 Å². The summed E-state index contributed by atoms with van der Waals surface area (Å²) in [6, 6.07) is 17.6. The summed E-state index contributed by atoms with van der Waals surface area (Å²) in [5, 5.41) is 7.27. The van der Waals surface area contributed by atoms with E-state index in [0.717, 1.165) is 39.4 Å². The number of hydrogen-bond acceptors (Lipinski definition) is 4. The van der Waals surface area contributed by atoms with Crippen LogP contribution >= 0.6 is 15.9 Å². The van der Waals surface area contributed by atoms with Crippen LogP contribution in [0.2, 0.25) is 0 Å². The summed E-state index contributed by atoms with van der Waals surface area (Å²) in [5.74, 6) is 1.40. The van der Waals surface area contributed by atoms with Gasteiger partial charge in [-0.05, 0) is 48.4 Å². The molecule has 0 spiro atoms. The maximum atomic E-state index is 13.3. The Hall–Kier alpha value is -2.99. The van der Waals surface area contributed by atoms with Gasteiger partial charge in [0.2, 0.25) is 0 Å². The predicted octanol–water partition coefficient (Wildman–Crippen LogP) is 5.94. The summed E-state index contributed by atoms with van der Waals surface area (Å²) in [6.45, 7) is 4.62. The number of hydrogen-bond donors (Lipinski definition) is 0. The number of rotatable bonds is 7. The van der Waals surface area contributed by atoms with Crippen LogP contribution in [-0.2, 0) is 6.42 Å². The van der Waals surface area contributed by atoms with Crippen molar-refractivity contribution in [2.75, 3.05) is 6.61 Å². The predicted molar refractivity (Wildman–Crippen MR) is 130 cm³/mol. The molecule has 0 saturated heterocycles. The van der Waals surface area contributed by atoms with Gasteiger partial charge in [0.25, 0.3) is 5.56 Å². The maximum absolute atomic E-state index is 13.3. The third-order valence-electron chi connectivity index (χ3n) is 5.16. The van der Waals surface area contributed by atoms with Crippen molar-refractivity contribution < 1.29 is 4.74 Å². The van der Waals surface area contributed by atoms with Crippen LogP contribution < -0.4 is 10.3 Å². The van der Waals surface area contributed by atoms with E-state index >= 15 is 0 Å². The van der Waals surface area contributed by atoms with E-state index in [1.807, 2.05) is 49.4 Å². The molecule has 1 heterocycles. The molecule has 5 nitrogen and oxygen atoms in total. The maximum Gasteiger partial charge on any atom is 0.282 e. The topological polar surface area (TPSA) is 56.5 Å². The second-order valence-electron chi connectivity index (χ2n) is 7.29. The zero-order chi connectivity index (χ0) is 21.8. The van der Waals surface area contributed by atoms with E-state index in [0.29, 0.717) is 29.8 Å². The molecular formula is C25H24BrN3O2. The van der Waals surface area contributed by atoms with Crippen molar-refractivity contribution in [1.82, 2.24) is 9.66 Å². The molecule has 0 amide bonds. The summed E-state index contributed by atoms with van der Waals surface area (Å²) in [4.78, 5) is 18.1. The molecule has 158 valence electrons. The second-order valence-corrected chi connectivity index (χ2v) is 8.20. The molecular weight excluding hydrogens is 454 g/mol. The number of halogens is 1. The largest absolute Gasteiger partial charge is 0.493 e. The van der Waals surface area contributed by atoms with Crippen LogP contribution in [0, 0.1) is 0 Å². The molecule has 0 saturated carbocycles. The SMILES string of the molecule is CCCCc1nc2ccc(Br)cc2c(=O)n1N=Cc1c(OCC)ccc2ccccc12. The smallest absolute Gasteiger partial charge is 0.282 e. The molecule has 0 N–H and O–H groups in total. The molecule has 0 atom stereocenters. The molecule has 0 aliphatic heterocycles. The van der Waals surface area contributed by atoms with Crippen LogP contribution in [-0.4, -0.2) is 22.5 Å². The van der Waals surface area contributed by atoms with Crippen LogP contribution in [0.3, 0.4) is 0 Å². The number of unbranched alkanes of at least 4 members (excludes halogenated alkanes) is 1. The van der Waals surface area contributed by atoms with E-state index in [2.05, 4.69) is 34.0 Å². The Balaban J connectivity index is 1.91. The Morgan fingerprint density at radius 3 is 2.74 bits per heavy atom. The van der Waals surface area contributed by atoms with Crippen LogP contribution in [0.4, 0.5) is 0 Å². The average Bonchev–Trinajstić information content (AvgIpc) is 2.78. The van der Waals surface area contributed by atoms with Gasteiger partial charge >= 0.3 is 0 Å². The van der Waals surface area contributed by atoms with Crippen LogP contribution in [0.25, 0.3) is 21.7 Å². The summed E-state index contributed by atoms with van der Waals surface area (Å²) < 4.78 is 8.11. The minimum atomic E-state index is -0.174. The summed E-state index contributed by atoms with van der Waals surface area (Å²) in [7, 11) is 0. The quantitative estimate of drug-likeness (QED) is 0.309. The molecule has 0 unspecified atom stereocenters. The number of aryl methyl sites for hydroxylation is 1. The van der Waals surface area contributed by atoms with E-state index in [4.69, 9.17) is 9.72 Å². The first-order chi connectivity index (χ1) is 15.1. The third-order valence-corrected chi connectivity index (χ3v) is 5.66. The molecule has 6 heteroatoms. The van der Waals surface area contributed by atoms with Crippen molar-refractivity contribution in [3.8, 4) is 5.75 Å². The van der Waals surface area contributed by atoms with Gasteiger partial charge in [-0.2, -0.15) is 9.78 Å². The van der Waals surface area contributed by atoms with E-state index in [1.54, 1.807) is 12.3 Å². The highest BCUT2D eigenvalue weighted by molar-refractivity contribution is 9.10. The Bertz CT molecular complexity index is 1330. The first-order valence-corrected chi connectivity index (χ1v) is 11.3. The molecule has 0 bridgehead atoms. The molecule has 0 fully saturated rings. The van der Waals surface area contributed by atoms with Crippen molar-refractivity contribution in [1.29, 1.82) is 0 Å². The van der Waals surface area contributed by atoms with E-state index < -0.39 is 0 Å². The zero-order valence-corrected chi connectivity index (χ0v) is 19.2. The number of aromatic nitrogens is 2. The highest BCUT2D eigenvalue weighted by Gasteiger charge is 2.12. The van der Waals surface area contributed by atoms with Gasteiger partial charge in [0, 0.05) is 16.5 Å². The molecule has 31 heavy (non-hydrogen) atoms. The van der Waals surface area contributed by atoms with Crippen molar-refractivity contribution in [3.05, 3.63) is 80.8 Å². The van der Waals surface area contributed by atoms with Gasteiger partial charge in [-0.15, -0.1) is 0 Å².